The van der Waals surface area contributed by atoms with Gasteiger partial charge in [0.25, 0.3) is 0 Å². The molecule has 0 spiro atoms. The molecule has 4 aliphatic rings. The van der Waals surface area contributed by atoms with Gasteiger partial charge in [0.15, 0.2) is 0 Å². The zero-order valence-electron chi connectivity index (χ0n) is 23.5. The molecule has 0 saturated heterocycles. The van der Waals surface area contributed by atoms with Crippen LogP contribution in [0.5, 0.6) is 0 Å². The summed E-state index contributed by atoms with van der Waals surface area (Å²) < 4.78 is 0. The molecule has 0 aromatic heterocycles. The second-order valence-corrected chi connectivity index (χ2v) is 17.9. The van der Waals surface area contributed by atoms with Crippen molar-refractivity contribution in [2.24, 2.45) is 0 Å². The zero-order valence-corrected chi connectivity index (χ0v) is 27.7. The van der Waals surface area contributed by atoms with E-state index in [1.54, 1.807) is 10.6 Å². The van der Waals surface area contributed by atoms with Crippen LogP contribution in [0.2, 0.25) is 0 Å². The third-order valence-electron chi connectivity index (χ3n) is 9.76. The van der Waals surface area contributed by atoms with E-state index in [9.17, 15) is 0 Å². The number of hydrogen-bond acceptors (Lipinski definition) is 0. The van der Waals surface area contributed by atoms with E-state index in [-0.39, 0.29) is 42.0 Å². The van der Waals surface area contributed by atoms with Crippen LogP contribution in [-0.2, 0) is 26.2 Å². The standard InChI is InChI=1S/2C17H26P.Zr/c2*1-3-9-15(10-4-1)18(17-13-7-8-14-17)16-11-5-2-6-12-16;/h2*7-8,13-16H,1-6,9-12H2;/q2*-1;+2. The fourth-order valence-electron chi connectivity index (χ4n) is 7.95. The summed E-state index contributed by atoms with van der Waals surface area (Å²) >= 11 is 0. The largest absolute Gasteiger partial charge is 2.00 e. The molecule has 6 rings (SSSR count). The molecular weight excluding hydrogens is 562 g/mol. The van der Waals surface area contributed by atoms with Gasteiger partial charge in [0.1, 0.15) is 0 Å². The molecule has 4 fully saturated rings. The molecule has 0 amide bonds. The molecule has 0 aliphatic heterocycles. The van der Waals surface area contributed by atoms with Gasteiger partial charge < -0.3 is 0 Å². The van der Waals surface area contributed by atoms with Gasteiger partial charge in [0.2, 0.25) is 0 Å². The normalized spacial score (nSPS) is 23.0. The smallest absolute Gasteiger partial charge is 0.213 e. The first-order valence-corrected chi connectivity index (χ1v) is 18.9. The minimum atomic E-state index is 0. The minimum absolute atomic E-state index is 0. The van der Waals surface area contributed by atoms with Crippen molar-refractivity contribution in [3.8, 4) is 0 Å². The van der Waals surface area contributed by atoms with Gasteiger partial charge in [-0.15, -0.1) is 10.6 Å². The van der Waals surface area contributed by atoms with Gasteiger partial charge in [-0.25, -0.2) is 24.3 Å². The Kier molecular flexibility index (Phi) is 13.7. The van der Waals surface area contributed by atoms with Crippen molar-refractivity contribution in [2.75, 3.05) is 0 Å². The molecule has 37 heavy (non-hydrogen) atoms. The molecule has 3 heteroatoms. The van der Waals surface area contributed by atoms with E-state index < -0.39 is 0 Å². The van der Waals surface area contributed by atoms with Gasteiger partial charge in [0.05, 0.1) is 0 Å². The summed E-state index contributed by atoms with van der Waals surface area (Å²) in [5, 5.41) is 3.45. The first kappa shape index (κ1) is 30.4. The predicted molar refractivity (Wildman–Crippen MR) is 165 cm³/mol. The van der Waals surface area contributed by atoms with Crippen molar-refractivity contribution in [1.82, 2.24) is 0 Å². The van der Waals surface area contributed by atoms with Crippen molar-refractivity contribution < 1.29 is 26.2 Å². The van der Waals surface area contributed by atoms with E-state index in [1.165, 1.54) is 128 Å². The summed E-state index contributed by atoms with van der Waals surface area (Å²) in [7, 11) is 0.290. The minimum Gasteiger partial charge on any atom is -0.213 e. The first-order chi connectivity index (χ1) is 17.9. The average molecular weight is 614 g/mol. The maximum absolute atomic E-state index is 2.43. The summed E-state index contributed by atoms with van der Waals surface area (Å²) in [5.74, 6) is 0. The summed E-state index contributed by atoms with van der Waals surface area (Å²) in [5.41, 5.74) is 4.22. The topological polar surface area (TPSA) is 0 Å². The Labute approximate surface area is 250 Å². The van der Waals surface area contributed by atoms with Gasteiger partial charge in [-0.3, -0.25) is 0 Å². The Morgan fingerprint density at radius 1 is 0.432 bits per heavy atom. The van der Waals surface area contributed by atoms with Gasteiger partial charge in [-0.2, -0.15) is 24.3 Å². The molecule has 4 aliphatic carbocycles. The molecule has 0 radical (unpaired) electrons. The number of rotatable bonds is 6. The second kappa shape index (κ2) is 16.6. The quantitative estimate of drug-likeness (QED) is 0.225. The van der Waals surface area contributed by atoms with Crippen LogP contribution in [0.25, 0.3) is 0 Å². The van der Waals surface area contributed by atoms with Crippen LogP contribution in [0, 0.1) is 0 Å². The Balaban J connectivity index is 0.000000168. The zero-order chi connectivity index (χ0) is 24.4. The van der Waals surface area contributed by atoms with Crippen molar-refractivity contribution in [3.63, 3.8) is 0 Å². The molecule has 0 heterocycles. The molecule has 2 aromatic carbocycles. The fraction of sp³-hybridized carbons (Fsp3) is 0.706. The van der Waals surface area contributed by atoms with E-state index in [0.29, 0.717) is 0 Å². The van der Waals surface area contributed by atoms with Crippen molar-refractivity contribution in [1.29, 1.82) is 0 Å². The van der Waals surface area contributed by atoms with Gasteiger partial charge in [0, 0.05) is 0 Å². The molecule has 0 atom stereocenters. The van der Waals surface area contributed by atoms with Crippen molar-refractivity contribution >= 4 is 26.5 Å². The van der Waals surface area contributed by atoms with E-state index in [2.05, 4.69) is 48.5 Å². The van der Waals surface area contributed by atoms with Gasteiger partial charge in [-0.1, -0.05) is 92.9 Å². The van der Waals surface area contributed by atoms with Gasteiger partial charge in [-0.05, 0) is 74.0 Å². The van der Waals surface area contributed by atoms with Crippen LogP contribution in [0.1, 0.15) is 128 Å². The van der Waals surface area contributed by atoms with Crippen LogP contribution in [0.3, 0.4) is 0 Å². The SMILES string of the molecule is [Zr+2].c1c[cH-]c(P(C2CCCCC2)C2CCCCC2)c1.c1c[cH-]c(P(C2CCCCC2)C2CCCCC2)c1. The first-order valence-electron chi connectivity index (χ1n) is 15.9. The third kappa shape index (κ3) is 8.71. The maximum Gasteiger partial charge on any atom is 2.00 e. The van der Waals surface area contributed by atoms with Crippen LogP contribution in [-0.4, -0.2) is 22.6 Å². The second-order valence-electron chi connectivity index (χ2n) is 12.3. The van der Waals surface area contributed by atoms with Crippen molar-refractivity contribution in [3.05, 3.63) is 48.5 Å². The Morgan fingerprint density at radius 3 is 0.919 bits per heavy atom. The van der Waals surface area contributed by atoms with E-state index >= 15 is 0 Å². The van der Waals surface area contributed by atoms with Crippen LogP contribution >= 0.6 is 15.8 Å². The van der Waals surface area contributed by atoms with E-state index in [4.69, 9.17) is 0 Å². The molecule has 0 N–H and O–H groups in total. The molecule has 202 valence electrons. The average Bonchev–Trinajstić information content (AvgIpc) is 3.68. The van der Waals surface area contributed by atoms with Crippen LogP contribution in [0.4, 0.5) is 0 Å². The van der Waals surface area contributed by atoms with Crippen LogP contribution in [0.15, 0.2) is 48.5 Å². The summed E-state index contributed by atoms with van der Waals surface area (Å²) in [6.07, 6.45) is 30.1. The van der Waals surface area contributed by atoms with E-state index in [1.807, 2.05) is 0 Å². The molecule has 0 unspecified atom stereocenters. The fourth-order valence-corrected chi connectivity index (χ4v) is 15.5. The summed E-state index contributed by atoms with van der Waals surface area (Å²) in [6, 6.07) is 18.7. The molecule has 0 bridgehead atoms. The Hall–Kier alpha value is 0.443. The Morgan fingerprint density at radius 2 is 0.703 bits per heavy atom. The predicted octanol–water partition coefficient (Wildman–Crippen LogP) is 10.4. The third-order valence-corrected chi connectivity index (χ3v) is 16.8. The van der Waals surface area contributed by atoms with Gasteiger partial charge >= 0.3 is 26.2 Å². The summed E-state index contributed by atoms with van der Waals surface area (Å²) in [4.78, 5) is 0. The number of hydrogen-bond donors (Lipinski definition) is 0. The Bertz CT molecular complexity index is 698. The maximum atomic E-state index is 2.43. The summed E-state index contributed by atoms with van der Waals surface area (Å²) in [6.45, 7) is 0. The van der Waals surface area contributed by atoms with Crippen molar-refractivity contribution in [2.45, 2.75) is 151 Å². The van der Waals surface area contributed by atoms with Crippen LogP contribution < -0.4 is 10.6 Å². The van der Waals surface area contributed by atoms with E-state index in [0.717, 1.165) is 22.6 Å². The molecule has 4 saturated carbocycles. The monoisotopic (exact) mass is 612 g/mol. The molecule has 2 aromatic rings. The molecular formula is C34H52P2Zr. The molecule has 0 nitrogen and oxygen atoms in total.